The SMILES string of the molecule is COCCNc1ccnc2c(-c3ccc(CCC(=O)O)cc3)cnn12. The van der Waals surface area contributed by atoms with Crippen molar-refractivity contribution in [2.24, 2.45) is 0 Å². The number of hydrogen-bond donors (Lipinski definition) is 2. The Hall–Kier alpha value is -2.93. The minimum atomic E-state index is -0.788. The lowest BCUT2D eigenvalue weighted by Crippen LogP contribution is -2.11. The molecular weight excluding hydrogens is 320 g/mol. The smallest absolute Gasteiger partial charge is 0.303 e. The van der Waals surface area contributed by atoms with Gasteiger partial charge in [0.1, 0.15) is 5.82 Å². The number of carbonyl (C=O) groups is 1. The number of carboxylic acids is 1. The summed E-state index contributed by atoms with van der Waals surface area (Å²) >= 11 is 0. The Labute approximate surface area is 145 Å². The van der Waals surface area contributed by atoms with E-state index >= 15 is 0 Å². The molecule has 3 rings (SSSR count). The van der Waals surface area contributed by atoms with Crippen molar-refractivity contribution in [3.63, 3.8) is 0 Å². The Bertz CT molecular complexity index is 858. The summed E-state index contributed by atoms with van der Waals surface area (Å²) in [7, 11) is 1.66. The highest BCUT2D eigenvalue weighted by Gasteiger charge is 2.10. The van der Waals surface area contributed by atoms with E-state index in [9.17, 15) is 4.79 Å². The second-order valence-electron chi connectivity index (χ2n) is 5.63. The van der Waals surface area contributed by atoms with E-state index < -0.39 is 5.97 Å². The summed E-state index contributed by atoms with van der Waals surface area (Å²) in [6.45, 7) is 1.29. The number of ether oxygens (including phenoxy) is 1. The largest absolute Gasteiger partial charge is 0.481 e. The van der Waals surface area contributed by atoms with Crippen LogP contribution in [-0.4, -0.2) is 45.9 Å². The van der Waals surface area contributed by atoms with Crippen LogP contribution in [0.4, 0.5) is 5.82 Å². The van der Waals surface area contributed by atoms with Gasteiger partial charge in [0.05, 0.1) is 12.8 Å². The third-order valence-corrected chi connectivity index (χ3v) is 3.91. The summed E-state index contributed by atoms with van der Waals surface area (Å²) in [5, 5.41) is 16.5. The number of aromatic nitrogens is 3. The van der Waals surface area contributed by atoms with Crippen LogP contribution in [0, 0.1) is 0 Å². The minimum absolute atomic E-state index is 0.133. The Morgan fingerprint density at radius 3 is 2.80 bits per heavy atom. The van der Waals surface area contributed by atoms with E-state index in [4.69, 9.17) is 9.84 Å². The number of benzene rings is 1. The number of nitrogens with zero attached hydrogens (tertiary/aromatic N) is 3. The molecule has 0 amide bonds. The molecule has 0 aliphatic heterocycles. The standard InChI is InChI=1S/C18H20N4O3/c1-25-11-10-19-16-8-9-20-18-15(12-21-22(16)18)14-5-2-13(3-6-14)4-7-17(23)24/h2-3,5-6,8-9,12,19H,4,7,10-11H2,1H3,(H,23,24). The van der Waals surface area contributed by atoms with Crippen molar-refractivity contribution < 1.29 is 14.6 Å². The second kappa shape index (κ2) is 7.76. The molecule has 2 heterocycles. The molecule has 3 aromatic rings. The molecule has 0 bridgehead atoms. The van der Waals surface area contributed by atoms with E-state index in [0.29, 0.717) is 19.6 Å². The van der Waals surface area contributed by atoms with Gasteiger partial charge in [-0.1, -0.05) is 24.3 Å². The second-order valence-corrected chi connectivity index (χ2v) is 5.63. The predicted octanol–water partition coefficient (Wildman–Crippen LogP) is 2.47. The normalized spacial score (nSPS) is 10.9. The van der Waals surface area contributed by atoms with E-state index in [0.717, 1.165) is 28.2 Å². The average Bonchev–Trinajstić information content (AvgIpc) is 3.05. The van der Waals surface area contributed by atoms with Crippen LogP contribution < -0.4 is 5.32 Å². The third kappa shape index (κ3) is 3.95. The van der Waals surface area contributed by atoms with Crippen LogP contribution in [-0.2, 0) is 16.0 Å². The van der Waals surface area contributed by atoms with Crippen LogP contribution in [0.3, 0.4) is 0 Å². The zero-order valence-electron chi connectivity index (χ0n) is 14.0. The van der Waals surface area contributed by atoms with E-state index in [1.807, 2.05) is 30.3 Å². The summed E-state index contributed by atoms with van der Waals surface area (Å²) in [4.78, 5) is 15.1. The van der Waals surface area contributed by atoms with Crippen LogP contribution in [0.25, 0.3) is 16.8 Å². The molecule has 2 N–H and O–H groups in total. The molecule has 7 nitrogen and oxygen atoms in total. The first-order valence-corrected chi connectivity index (χ1v) is 8.05. The topological polar surface area (TPSA) is 88.8 Å². The number of anilines is 1. The number of aliphatic carboxylic acids is 1. The number of hydrogen-bond acceptors (Lipinski definition) is 5. The highest BCUT2D eigenvalue weighted by Crippen LogP contribution is 2.25. The number of nitrogens with one attached hydrogen (secondary N) is 1. The molecule has 0 radical (unpaired) electrons. The van der Waals surface area contributed by atoms with Gasteiger partial charge < -0.3 is 15.2 Å². The molecule has 2 aromatic heterocycles. The van der Waals surface area contributed by atoms with E-state index in [1.165, 1.54) is 0 Å². The van der Waals surface area contributed by atoms with Crippen LogP contribution >= 0.6 is 0 Å². The van der Waals surface area contributed by atoms with Gasteiger partial charge in [0.25, 0.3) is 0 Å². The van der Waals surface area contributed by atoms with Crippen LogP contribution in [0.5, 0.6) is 0 Å². The molecule has 1 aromatic carbocycles. The molecule has 0 aliphatic rings. The van der Waals surface area contributed by atoms with Gasteiger partial charge in [-0.15, -0.1) is 0 Å². The molecule has 7 heteroatoms. The van der Waals surface area contributed by atoms with Gasteiger partial charge in [-0.25, -0.2) is 4.98 Å². The maximum absolute atomic E-state index is 10.7. The number of fused-ring (bicyclic) bond motifs is 1. The molecule has 0 fully saturated rings. The fraction of sp³-hybridized carbons (Fsp3) is 0.278. The molecule has 0 atom stereocenters. The molecule has 0 aliphatic carbocycles. The number of rotatable bonds is 8. The first-order chi connectivity index (χ1) is 12.2. The van der Waals surface area contributed by atoms with Crippen LogP contribution in [0.2, 0.25) is 0 Å². The molecule has 0 saturated heterocycles. The first kappa shape index (κ1) is 16.9. The quantitative estimate of drug-likeness (QED) is 0.613. The molecule has 25 heavy (non-hydrogen) atoms. The van der Waals surface area contributed by atoms with E-state index in [2.05, 4.69) is 15.4 Å². The fourth-order valence-electron chi connectivity index (χ4n) is 2.61. The van der Waals surface area contributed by atoms with Gasteiger partial charge in [-0.3, -0.25) is 4.79 Å². The van der Waals surface area contributed by atoms with Crippen molar-refractivity contribution in [3.05, 3.63) is 48.3 Å². The zero-order valence-corrected chi connectivity index (χ0v) is 14.0. The van der Waals surface area contributed by atoms with Crippen molar-refractivity contribution in [1.29, 1.82) is 0 Å². The van der Waals surface area contributed by atoms with Gasteiger partial charge in [0, 0.05) is 31.8 Å². The molecular formula is C18H20N4O3. The van der Waals surface area contributed by atoms with Crippen molar-refractivity contribution in [3.8, 4) is 11.1 Å². The number of methoxy groups -OCH3 is 1. The lowest BCUT2D eigenvalue weighted by Gasteiger charge is -2.07. The Balaban J connectivity index is 1.84. The van der Waals surface area contributed by atoms with E-state index in [-0.39, 0.29) is 6.42 Å². The predicted molar refractivity (Wildman–Crippen MR) is 94.7 cm³/mol. The van der Waals surface area contributed by atoms with Gasteiger partial charge in [-0.2, -0.15) is 9.61 Å². The van der Waals surface area contributed by atoms with E-state index in [1.54, 1.807) is 24.0 Å². The lowest BCUT2D eigenvalue weighted by molar-refractivity contribution is -0.136. The highest BCUT2D eigenvalue weighted by atomic mass is 16.5. The first-order valence-electron chi connectivity index (χ1n) is 8.05. The maximum Gasteiger partial charge on any atom is 0.303 e. The molecule has 0 unspecified atom stereocenters. The highest BCUT2D eigenvalue weighted by molar-refractivity contribution is 5.78. The van der Waals surface area contributed by atoms with Crippen molar-refractivity contribution in [1.82, 2.24) is 14.6 Å². The zero-order chi connectivity index (χ0) is 17.6. The maximum atomic E-state index is 10.7. The number of aryl methyl sites for hydroxylation is 1. The minimum Gasteiger partial charge on any atom is -0.481 e. The third-order valence-electron chi connectivity index (χ3n) is 3.91. The Morgan fingerprint density at radius 1 is 1.28 bits per heavy atom. The molecule has 0 saturated carbocycles. The molecule has 130 valence electrons. The van der Waals surface area contributed by atoms with Crippen molar-refractivity contribution >= 4 is 17.4 Å². The van der Waals surface area contributed by atoms with Crippen LogP contribution in [0.1, 0.15) is 12.0 Å². The van der Waals surface area contributed by atoms with Gasteiger partial charge >= 0.3 is 5.97 Å². The summed E-state index contributed by atoms with van der Waals surface area (Å²) in [5.74, 6) is 0.0655. The van der Waals surface area contributed by atoms with Gasteiger partial charge in [0.2, 0.25) is 0 Å². The van der Waals surface area contributed by atoms with Crippen molar-refractivity contribution in [2.75, 3.05) is 25.6 Å². The Kier molecular flexibility index (Phi) is 5.25. The van der Waals surface area contributed by atoms with Gasteiger partial charge in [-0.05, 0) is 23.6 Å². The summed E-state index contributed by atoms with van der Waals surface area (Å²) in [6, 6.07) is 9.71. The monoisotopic (exact) mass is 340 g/mol. The molecule has 0 spiro atoms. The lowest BCUT2D eigenvalue weighted by atomic mass is 10.0. The average molecular weight is 340 g/mol. The fourth-order valence-corrected chi connectivity index (χ4v) is 2.61. The van der Waals surface area contributed by atoms with Gasteiger partial charge in [0.15, 0.2) is 5.65 Å². The van der Waals surface area contributed by atoms with Crippen molar-refractivity contribution in [2.45, 2.75) is 12.8 Å². The number of carboxylic acid groups (broad SMARTS) is 1. The Morgan fingerprint density at radius 2 is 2.08 bits per heavy atom. The summed E-state index contributed by atoms with van der Waals surface area (Å²) < 4.78 is 6.82. The summed E-state index contributed by atoms with van der Waals surface area (Å²) in [5.41, 5.74) is 3.69. The van der Waals surface area contributed by atoms with Crippen LogP contribution in [0.15, 0.2) is 42.7 Å². The summed E-state index contributed by atoms with van der Waals surface area (Å²) in [6.07, 6.45) is 4.19.